The summed E-state index contributed by atoms with van der Waals surface area (Å²) in [7, 11) is 0. The van der Waals surface area contributed by atoms with Crippen molar-refractivity contribution in [2.24, 2.45) is 0 Å². The number of nitrogens with zero attached hydrogens (tertiary/aromatic N) is 1. The van der Waals surface area contributed by atoms with E-state index < -0.39 is 17.8 Å². The molecule has 1 aliphatic carbocycles. The first-order valence-electron chi connectivity index (χ1n) is 6.73. The zero-order valence-corrected chi connectivity index (χ0v) is 11.3. The molecule has 1 unspecified atom stereocenters. The smallest absolute Gasteiger partial charge is 0.388 e. The van der Waals surface area contributed by atoms with E-state index >= 15 is 0 Å². The Kier molecular flexibility index (Phi) is 3.28. The molecule has 1 aromatic heterocycles. The predicted molar refractivity (Wildman–Crippen MR) is 69.5 cm³/mol. The molecule has 3 nitrogen and oxygen atoms in total. The molecule has 2 aromatic rings. The number of hydrogen-bond acceptors (Lipinski definition) is 3. The number of aliphatic hydroxyl groups is 1. The summed E-state index contributed by atoms with van der Waals surface area (Å²) in [6.07, 6.45) is -3.58. The van der Waals surface area contributed by atoms with Gasteiger partial charge in [0.25, 0.3) is 0 Å². The standard InChI is InChI=1S/C15H14F3NO2/c1-8(20)12-13(19-21-14(12)9-6-7-9)10-4-2-3-5-11(10)15(16,17)18/h2-5,8-9,20H,6-7H2,1H3. The molecule has 1 N–H and O–H groups in total. The van der Waals surface area contributed by atoms with Crippen LogP contribution in [0.1, 0.15) is 48.7 Å². The van der Waals surface area contributed by atoms with Gasteiger partial charge in [0.2, 0.25) is 0 Å². The van der Waals surface area contributed by atoms with Crippen molar-refractivity contribution >= 4 is 0 Å². The summed E-state index contributed by atoms with van der Waals surface area (Å²) in [5, 5.41) is 13.7. The first-order chi connectivity index (χ1) is 9.89. The van der Waals surface area contributed by atoms with Crippen LogP contribution < -0.4 is 0 Å². The fourth-order valence-corrected chi connectivity index (χ4v) is 2.48. The summed E-state index contributed by atoms with van der Waals surface area (Å²) in [4.78, 5) is 0. The van der Waals surface area contributed by atoms with Crippen LogP contribution in [0.2, 0.25) is 0 Å². The lowest BCUT2D eigenvalue weighted by atomic mass is 9.97. The van der Waals surface area contributed by atoms with Crippen LogP contribution in [0.5, 0.6) is 0 Å². The SMILES string of the molecule is CC(O)c1c(-c2ccccc2C(F)(F)F)noc1C1CC1. The van der Waals surface area contributed by atoms with Gasteiger partial charge in [0.05, 0.1) is 17.2 Å². The Balaban J connectivity index is 2.18. The average Bonchev–Trinajstić information content (AvgIpc) is 3.16. The zero-order chi connectivity index (χ0) is 15.2. The third-order valence-electron chi connectivity index (χ3n) is 3.61. The minimum Gasteiger partial charge on any atom is -0.388 e. The van der Waals surface area contributed by atoms with E-state index in [2.05, 4.69) is 5.16 Å². The predicted octanol–water partition coefficient (Wildman–Crippen LogP) is 4.29. The Hall–Kier alpha value is -1.82. The van der Waals surface area contributed by atoms with Gasteiger partial charge in [-0.2, -0.15) is 13.2 Å². The molecule has 1 fully saturated rings. The quantitative estimate of drug-likeness (QED) is 0.919. The summed E-state index contributed by atoms with van der Waals surface area (Å²) in [5.41, 5.74) is -0.381. The van der Waals surface area contributed by atoms with E-state index in [0.29, 0.717) is 11.3 Å². The van der Waals surface area contributed by atoms with Crippen molar-refractivity contribution in [1.82, 2.24) is 5.16 Å². The van der Waals surface area contributed by atoms with Gasteiger partial charge in [0.15, 0.2) is 0 Å². The summed E-state index contributed by atoms with van der Waals surface area (Å²) in [6, 6.07) is 5.20. The van der Waals surface area contributed by atoms with Crippen molar-refractivity contribution in [2.45, 2.75) is 38.0 Å². The van der Waals surface area contributed by atoms with Gasteiger partial charge in [-0.1, -0.05) is 23.4 Å². The first-order valence-corrected chi connectivity index (χ1v) is 6.73. The maximum absolute atomic E-state index is 13.1. The molecular weight excluding hydrogens is 283 g/mol. The topological polar surface area (TPSA) is 46.3 Å². The largest absolute Gasteiger partial charge is 0.417 e. The van der Waals surface area contributed by atoms with Gasteiger partial charge in [0, 0.05) is 11.5 Å². The van der Waals surface area contributed by atoms with Crippen molar-refractivity contribution in [2.75, 3.05) is 0 Å². The third-order valence-corrected chi connectivity index (χ3v) is 3.61. The molecule has 0 bridgehead atoms. The minimum absolute atomic E-state index is 0.0587. The van der Waals surface area contributed by atoms with Crippen molar-refractivity contribution in [3.05, 3.63) is 41.2 Å². The van der Waals surface area contributed by atoms with E-state index in [0.717, 1.165) is 18.9 Å². The van der Waals surface area contributed by atoms with Crippen molar-refractivity contribution in [3.63, 3.8) is 0 Å². The molecular formula is C15H14F3NO2. The highest BCUT2D eigenvalue weighted by Gasteiger charge is 2.38. The van der Waals surface area contributed by atoms with Gasteiger partial charge >= 0.3 is 6.18 Å². The molecule has 21 heavy (non-hydrogen) atoms. The van der Waals surface area contributed by atoms with Gasteiger partial charge < -0.3 is 9.63 Å². The number of aromatic nitrogens is 1. The molecule has 0 amide bonds. The molecule has 1 atom stereocenters. The van der Waals surface area contributed by atoms with E-state index in [1.165, 1.54) is 25.1 Å². The number of halogens is 3. The van der Waals surface area contributed by atoms with Crippen LogP contribution in [0.15, 0.2) is 28.8 Å². The van der Waals surface area contributed by atoms with E-state index in [4.69, 9.17) is 4.52 Å². The highest BCUT2D eigenvalue weighted by atomic mass is 19.4. The lowest BCUT2D eigenvalue weighted by Gasteiger charge is -2.13. The van der Waals surface area contributed by atoms with Crippen LogP contribution in [-0.2, 0) is 6.18 Å². The van der Waals surface area contributed by atoms with Crippen LogP contribution in [0, 0.1) is 0 Å². The maximum atomic E-state index is 13.1. The normalized spacial score (nSPS) is 17.0. The summed E-state index contributed by atoms with van der Waals surface area (Å²) >= 11 is 0. The summed E-state index contributed by atoms with van der Waals surface area (Å²) in [6.45, 7) is 1.51. The molecule has 3 rings (SSSR count). The third kappa shape index (κ3) is 2.55. The Morgan fingerprint density at radius 3 is 2.52 bits per heavy atom. The molecule has 1 heterocycles. The first kappa shape index (κ1) is 14.1. The van der Waals surface area contributed by atoms with E-state index in [9.17, 15) is 18.3 Å². The Morgan fingerprint density at radius 1 is 1.29 bits per heavy atom. The highest BCUT2D eigenvalue weighted by Crippen LogP contribution is 2.47. The molecule has 112 valence electrons. The van der Waals surface area contributed by atoms with E-state index in [1.807, 2.05) is 0 Å². The summed E-state index contributed by atoms with van der Waals surface area (Å²) in [5.74, 6) is 0.672. The number of hydrogen-bond donors (Lipinski definition) is 1. The molecule has 6 heteroatoms. The van der Waals surface area contributed by atoms with E-state index in [1.54, 1.807) is 0 Å². The zero-order valence-electron chi connectivity index (χ0n) is 11.3. The number of alkyl halides is 3. The van der Waals surface area contributed by atoms with Crippen LogP contribution in [0.25, 0.3) is 11.3 Å². The molecule has 1 saturated carbocycles. The number of benzene rings is 1. The van der Waals surface area contributed by atoms with Gasteiger partial charge in [-0.25, -0.2) is 0 Å². The average molecular weight is 297 g/mol. The second-order valence-corrected chi connectivity index (χ2v) is 5.30. The molecule has 1 aromatic carbocycles. The molecule has 0 radical (unpaired) electrons. The second-order valence-electron chi connectivity index (χ2n) is 5.30. The molecule has 1 aliphatic rings. The fourth-order valence-electron chi connectivity index (χ4n) is 2.48. The monoisotopic (exact) mass is 297 g/mol. The van der Waals surface area contributed by atoms with Crippen LogP contribution in [0.4, 0.5) is 13.2 Å². The maximum Gasteiger partial charge on any atom is 0.417 e. The second kappa shape index (κ2) is 4.87. The van der Waals surface area contributed by atoms with Gasteiger partial charge in [-0.15, -0.1) is 0 Å². The lowest BCUT2D eigenvalue weighted by Crippen LogP contribution is -2.08. The van der Waals surface area contributed by atoms with Crippen molar-refractivity contribution < 1.29 is 22.8 Å². The lowest BCUT2D eigenvalue weighted by molar-refractivity contribution is -0.137. The van der Waals surface area contributed by atoms with Crippen molar-refractivity contribution in [3.8, 4) is 11.3 Å². The van der Waals surface area contributed by atoms with Crippen molar-refractivity contribution in [1.29, 1.82) is 0 Å². The summed E-state index contributed by atoms with van der Waals surface area (Å²) < 4.78 is 44.6. The van der Waals surface area contributed by atoms with Crippen LogP contribution >= 0.6 is 0 Å². The number of aliphatic hydroxyl groups excluding tert-OH is 1. The Bertz CT molecular complexity index is 657. The molecule has 0 spiro atoms. The number of rotatable bonds is 3. The van der Waals surface area contributed by atoms with Gasteiger partial charge in [-0.05, 0) is 25.8 Å². The van der Waals surface area contributed by atoms with Gasteiger partial charge in [0.1, 0.15) is 11.5 Å². The highest BCUT2D eigenvalue weighted by molar-refractivity contribution is 5.68. The Labute approximate surface area is 119 Å². The van der Waals surface area contributed by atoms with Gasteiger partial charge in [-0.3, -0.25) is 0 Å². The fraction of sp³-hybridized carbons (Fsp3) is 0.400. The van der Waals surface area contributed by atoms with E-state index in [-0.39, 0.29) is 17.2 Å². The minimum atomic E-state index is -4.48. The van der Waals surface area contributed by atoms with Crippen LogP contribution in [0.3, 0.4) is 0 Å². The molecule has 0 saturated heterocycles. The Morgan fingerprint density at radius 2 is 1.95 bits per heavy atom. The molecule has 0 aliphatic heterocycles. The van der Waals surface area contributed by atoms with Crippen LogP contribution in [-0.4, -0.2) is 10.3 Å².